The van der Waals surface area contributed by atoms with Crippen molar-refractivity contribution in [1.82, 2.24) is 10.3 Å². The Morgan fingerprint density at radius 2 is 1.90 bits per heavy atom. The number of hydrogen-bond donors (Lipinski definition) is 1. The predicted molar refractivity (Wildman–Crippen MR) is 82.1 cm³/mol. The van der Waals surface area contributed by atoms with E-state index in [1.807, 2.05) is 30.5 Å². The van der Waals surface area contributed by atoms with Crippen molar-refractivity contribution in [2.45, 2.75) is 25.8 Å². The molecule has 0 amide bonds. The van der Waals surface area contributed by atoms with Crippen LogP contribution in [0.5, 0.6) is 5.75 Å². The van der Waals surface area contributed by atoms with Crippen molar-refractivity contribution in [1.29, 1.82) is 0 Å². The van der Waals surface area contributed by atoms with E-state index in [0.717, 1.165) is 18.0 Å². The minimum absolute atomic E-state index is 0.251. The topological polar surface area (TPSA) is 34.1 Å². The normalized spacial score (nSPS) is 13.8. The van der Waals surface area contributed by atoms with Crippen molar-refractivity contribution in [3.05, 3.63) is 59.9 Å². The van der Waals surface area contributed by atoms with Crippen LogP contribution in [0.4, 0.5) is 0 Å². The van der Waals surface area contributed by atoms with E-state index in [1.54, 1.807) is 7.11 Å². The van der Waals surface area contributed by atoms with Gasteiger partial charge >= 0.3 is 0 Å². The summed E-state index contributed by atoms with van der Waals surface area (Å²) in [7, 11) is 1.69. The van der Waals surface area contributed by atoms with Gasteiger partial charge in [0.15, 0.2) is 0 Å². The van der Waals surface area contributed by atoms with Gasteiger partial charge in [0.25, 0.3) is 0 Å². The summed E-state index contributed by atoms with van der Waals surface area (Å²) in [5.74, 6) is 1.19. The van der Waals surface area contributed by atoms with Gasteiger partial charge in [-0.3, -0.25) is 4.98 Å². The molecule has 2 unspecified atom stereocenters. The molecule has 0 radical (unpaired) electrons. The molecule has 1 N–H and O–H groups in total. The smallest absolute Gasteiger partial charge is 0.118 e. The van der Waals surface area contributed by atoms with Crippen molar-refractivity contribution in [2.24, 2.45) is 0 Å². The minimum Gasteiger partial charge on any atom is -0.497 e. The van der Waals surface area contributed by atoms with Gasteiger partial charge in [-0.25, -0.2) is 0 Å². The zero-order valence-corrected chi connectivity index (χ0v) is 12.3. The van der Waals surface area contributed by atoms with Crippen LogP contribution in [0, 0.1) is 0 Å². The van der Waals surface area contributed by atoms with E-state index in [1.165, 1.54) is 5.56 Å². The minimum atomic E-state index is 0.251. The van der Waals surface area contributed by atoms with Gasteiger partial charge in [0.05, 0.1) is 7.11 Å². The molecule has 1 aromatic heterocycles. The second-order valence-electron chi connectivity index (χ2n) is 4.85. The summed E-state index contributed by atoms with van der Waals surface area (Å²) in [6, 6.07) is 14.6. The highest BCUT2D eigenvalue weighted by molar-refractivity contribution is 5.31. The molecule has 106 valence electrons. The summed E-state index contributed by atoms with van der Waals surface area (Å²) in [5, 5.41) is 3.55. The van der Waals surface area contributed by atoms with E-state index >= 15 is 0 Å². The third-order valence-electron chi connectivity index (χ3n) is 3.55. The van der Waals surface area contributed by atoms with Gasteiger partial charge in [-0.05, 0) is 36.4 Å². The molecule has 0 aliphatic heterocycles. The number of ether oxygens (including phenoxy) is 1. The fraction of sp³-hybridized carbons (Fsp3) is 0.353. The Hall–Kier alpha value is -1.87. The van der Waals surface area contributed by atoms with Crippen LogP contribution in [-0.2, 0) is 0 Å². The van der Waals surface area contributed by atoms with E-state index in [-0.39, 0.29) is 6.04 Å². The Balaban J connectivity index is 2.25. The first-order chi connectivity index (χ1) is 9.76. The molecular weight excluding hydrogens is 248 g/mol. The summed E-state index contributed by atoms with van der Waals surface area (Å²) in [4.78, 5) is 4.48. The van der Waals surface area contributed by atoms with Crippen molar-refractivity contribution in [2.75, 3.05) is 13.7 Å². The number of rotatable bonds is 6. The Bertz CT molecular complexity index is 510. The number of hydrogen-bond acceptors (Lipinski definition) is 3. The third kappa shape index (κ3) is 3.36. The van der Waals surface area contributed by atoms with E-state index < -0.39 is 0 Å². The molecule has 2 aromatic rings. The maximum atomic E-state index is 5.22. The van der Waals surface area contributed by atoms with Crippen molar-refractivity contribution in [3.8, 4) is 5.75 Å². The summed E-state index contributed by atoms with van der Waals surface area (Å²) in [6.07, 6.45) is 1.85. The van der Waals surface area contributed by atoms with Crippen molar-refractivity contribution < 1.29 is 4.74 Å². The lowest BCUT2D eigenvalue weighted by atomic mass is 9.91. The van der Waals surface area contributed by atoms with Crippen LogP contribution in [0.3, 0.4) is 0 Å². The monoisotopic (exact) mass is 270 g/mol. The van der Waals surface area contributed by atoms with Crippen LogP contribution in [-0.4, -0.2) is 18.6 Å². The number of benzene rings is 1. The molecule has 1 heterocycles. The first-order valence-electron chi connectivity index (χ1n) is 7.04. The van der Waals surface area contributed by atoms with E-state index in [4.69, 9.17) is 4.74 Å². The summed E-state index contributed by atoms with van der Waals surface area (Å²) in [5.41, 5.74) is 2.36. The SMILES string of the molecule is CCNC(c1ccc(OC)cc1)C(C)c1ccccn1. The van der Waals surface area contributed by atoms with Crippen LogP contribution in [0.15, 0.2) is 48.7 Å². The highest BCUT2D eigenvalue weighted by Gasteiger charge is 2.20. The van der Waals surface area contributed by atoms with E-state index in [0.29, 0.717) is 5.92 Å². The Labute approximate surface area is 121 Å². The molecule has 20 heavy (non-hydrogen) atoms. The zero-order valence-electron chi connectivity index (χ0n) is 12.3. The van der Waals surface area contributed by atoms with Crippen LogP contribution < -0.4 is 10.1 Å². The molecule has 0 saturated carbocycles. The van der Waals surface area contributed by atoms with Crippen molar-refractivity contribution >= 4 is 0 Å². The maximum Gasteiger partial charge on any atom is 0.118 e. The van der Waals surface area contributed by atoms with Crippen LogP contribution in [0.1, 0.15) is 37.1 Å². The van der Waals surface area contributed by atoms with Gasteiger partial charge < -0.3 is 10.1 Å². The lowest BCUT2D eigenvalue weighted by Gasteiger charge is -2.25. The van der Waals surface area contributed by atoms with Crippen LogP contribution in [0.25, 0.3) is 0 Å². The van der Waals surface area contributed by atoms with Crippen molar-refractivity contribution in [3.63, 3.8) is 0 Å². The lowest BCUT2D eigenvalue weighted by Crippen LogP contribution is -2.26. The quantitative estimate of drug-likeness (QED) is 0.871. The first kappa shape index (κ1) is 14.5. The molecule has 0 aliphatic carbocycles. The summed E-state index contributed by atoms with van der Waals surface area (Å²) < 4.78 is 5.22. The molecule has 1 aromatic carbocycles. The number of methoxy groups -OCH3 is 1. The second kappa shape index (κ2) is 7.06. The molecule has 0 spiro atoms. The van der Waals surface area contributed by atoms with E-state index in [9.17, 15) is 0 Å². The molecular formula is C17H22N2O. The summed E-state index contributed by atoms with van der Waals surface area (Å²) >= 11 is 0. The highest BCUT2D eigenvalue weighted by atomic mass is 16.5. The Morgan fingerprint density at radius 3 is 2.45 bits per heavy atom. The maximum absolute atomic E-state index is 5.22. The molecule has 0 fully saturated rings. The predicted octanol–water partition coefficient (Wildman–Crippen LogP) is 3.54. The molecule has 0 bridgehead atoms. The zero-order chi connectivity index (χ0) is 14.4. The van der Waals surface area contributed by atoms with Gasteiger partial charge in [0.1, 0.15) is 5.75 Å². The molecule has 3 heteroatoms. The summed E-state index contributed by atoms with van der Waals surface area (Å²) in [6.45, 7) is 5.26. The van der Waals surface area contributed by atoms with Crippen LogP contribution >= 0.6 is 0 Å². The van der Waals surface area contributed by atoms with Gasteiger partial charge in [-0.2, -0.15) is 0 Å². The number of nitrogens with zero attached hydrogens (tertiary/aromatic N) is 1. The third-order valence-corrected chi connectivity index (χ3v) is 3.55. The number of aromatic nitrogens is 1. The van der Waals surface area contributed by atoms with Gasteiger partial charge in [0.2, 0.25) is 0 Å². The standard InChI is InChI=1S/C17H22N2O/c1-4-18-17(13(2)16-7-5-6-12-19-16)14-8-10-15(20-3)11-9-14/h5-13,17-18H,4H2,1-3H3. The Kier molecular flexibility index (Phi) is 5.13. The number of likely N-dealkylation sites (N-methyl/N-ethyl adjacent to an activating group) is 1. The van der Waals surface area contributed by atoms with Crippen LogP contribution in [0.2, 0.25) is 0 Å². The average molecular weight is 270 g/mol. The molecule has 3 nitrogen and oxygen atoms in total. The fourth-order valence-electron chi connectivity index (χ4n) is 2.43. The number of nitrogens with one attached hydrogen (secondary N) is 1. The first-order valence-corrected chi connectivity index (χ1v) is 7.04. The van der Waals surface area contributed by atoms with Gasteiger partial charge in [-0.15, -0.1) is 0 Å². The Morgan fingerprint density at radius 1 is 1.15 bits per heavy atom. The molecule has 2 rings (SSSR count). The number of pyridine rings is 1. The van der Waals surface area contributed by atoms with Gasteiger partial charge in [0, 0.05) is 23.9 Å². The largest absolute Gasteiger partial charge is 0.497 e. The fourth-order valence-corrected chi connectivity index (χ4v) is 2.43. The molecule has 2 atom stereocenters. The molecule has 0 aliphatic rings. The van der Waals surface area contributed by atoms with E-state index in [2.05, 4.69) is 42.3 Å². The lowest BCUT2D eigenvalue weighted by molar-refractivity contribution is 0.413. The molecule has 0 saturated heterocycles. The second-order valence-corrected chi connectivity index (χ2v) is 4.85. The average Bonchev–Trinajstić information content (AvgIpc) is 2.53. The highest BCUT2D eigenvalue weighted by Crippen LogP contribution is 2.30. The van der Waals surface area contributed by atoms with Gasteiger partial charge in [-0.1, -0.05) is 32.0 Å².